The lowest BCUT2D eigenvalue weighted by Crippen LogP contribution is -2.44. The lowest BCUT2D eigenvalue weighted by molar-refractivity contribution is 0.0885. The molecule has 1 aliphatic rings. The van der Waals surface area contributed by atoms with E-state index < -0.39 is 9.84 Å². The molecule has 1 heterocycles. The average Bonchev–Trinajstić information content (AvgIpc) is 2.32. The zero-order valence-electron chi connectivity index (χ0n) is 11.3. The molecule has 1 saturated heterocycles. The maximum Gasteiger partial charge on any atom is 0.175 e. The average molecular weight is 267 g/mol. The molecule has 1 aromatic rings. The zero-order valence-corrected chi connectivity index (χ0v) is 12.1. The first-order chi connectivity index (χ1) is 8.34. The van der Waals surface area contributed by atoms with Crippen molar-refractivity contribution in [1.82, 2.24) is 4.90 Å². The van der Waals surface area contributed by atoms with Crippen molar-refractivity contribution in [2.24, 2.45) is 0 Å². The largest absolute Gasteiger partial charge is 0.297 e. The Balaban J connectivity index is 2.34. The van der Waals surface area contributed by atoms with Crippen molar-refractivity contribution in [1.29, 1.82) is 0 Å². The minimum atomic E-state index is -3.10. The molecule has 0 aliphatic carbocycles. The Labute approximate surface area is 110 Å². The SMILES string of the molecule is CN1CCCCC1(C)c1ccc(S(C)(=O)=O)cc1. The Morgan fingerprint density at radius 2 is 1.78 bits per heavy atom. The molecule has 2 rings (SSSR count). The minimum Gasteiger partial charge on any atom is -0.297 e. The van der Waals surface area contributed by atoms with Crippen LogP contribution in [0.25, 0.3) is 0 Å². The second-order valence-corrected chi connectivity index (χ2v) is 7.46. The highest BCUT2D eigenvalue weighted by Gasteiger charge is 2.33. The molecule has 1 fully saturated rings. The van der Waals surface area contributed by atoms with Crippen LogP contribution in [0.3, 0.4) is 0 Å². The molecular weight excluding hydrogens is 246 g/mol. The van der Waals surface area contributed by atoms with Crippen LogP contribution in [0.5, 0.6) is 0 Å². The van der Waals surface area contributed by atoms with Crippen LogP contribution in [0.15, 0.2) is 29.2 Å². The quantitative estimate of drug-likeness (QED) is 0.826. The number of benzene rings is 1. The zero-order chi connectivity index (χ0) is 13.4. The van der Waals surface area contributed by atoms with Crippen LogP contribution in [-0.2, 0) is 15.4 Å². The monoisotopic (exact) mass is 267 g/mol. The predicted molar refractivity (Wildman–Crippen MR) is 73.4 cm³/mol. The molecule has 0 aromatic heterocycles. The number of rotatable bonds is 2. The van der Waals surface area contributed by atoms with Gasteiger partial charge in [-0.3, -0.25) is 4.90 Å². The summed E-state index contributed by atoms with van der Waals surface area (Å²) in [5.74, 6) is 0. The second-order valence-electron chi connectivity index (χ2n) is 5.45. The van der Waals surface area contributed by atoms with E-state index in [9.17, 15) is 8.42 Å². The van der Waals surface area contributed by atoms with E-state index in [2.05, 4.69) is 18.9 Å². The molecular formula is C14H21NO2S. The normalized spacial score (nSPS) is 26.2. The molecule has 0 radical (unpaired) electrons. The summed E-state index contributed by atoms with van der Waals surface area (Å²) in [5, 5.41) is 0. The van der Waals surface area contributed by atoms with Crippen molar-refractivity contribution in [3.05, 3.63) is 29.8 Å². The summed E-state index contributed by atoms with van der Waals surface area (Å²) in [5.41, 5.74) is 1.24. The topological polar surface area (TPSA) is 37.4 Å². The first-order valence-corrected chi connectivity index (χ1v) is 8.25. The smallest absolute Gasteiger partial charge is 0.175 e. The van der Waals surface area contributed by atoms with Crippen molar-refractivity contribution < 1.29 is 8.42 Å². The molecule has 18 heavy (non-hydrogen) atoms. The van der Waals surface area contributed by atoms with Crippen molar-refractivity contribution in [3.8, 4) is 0 Å². The standard InChI is InChI=1S/C14H21NO2S/c1-14(10-4-5-11-15(14)2)12-6-8-13(9-7-12)18(3,16)17/h6-9H,4-5,10-11H2,1-3H3. The summed E-state index contributed by atoms with van der Waals surface area (Å²) >= 11 is 0. The van der Waals surface area contributed by atoms with Gasteiger partial charge in [0.05, 0.1) is 4.90 Å². The van der Waals surface area contributed by atoms with Gasteiger partial charge in [0.1, 0.15) is 0 Å². The van der Waals surface area contributed by atoms with Gasteiger partial charge in [-0.25, -0.2) is 8.42 Å². The third-order valence-electron chi connectivity index (χ3n) is 4.15. The van der Waals surface area contributed by atoms with Crippen LogP contribution in [-0.4, -0.2) is 33.2 Å². The lowest BCUT2D eigenvalue weighted by atomic mass is 9.82. The van der Waals surface area contributed by atoms with E-state index in [1.807, 2.05) is 12.1 Å². The molecule has 0 saturated carbocycles. The van der Waals surface area contributed by atoms with Gasteiger partial charge in [-0.2, -0.15) is 0 Å². The number of piperidine rings is 1. The third-order valence-corrected chi connectivity index (χ3v) is 5.28. The van der Waals surface area contributed by atoms with Gasteiger partial charge in [0.15, 0.2) is 9.84 Å². The fraction of sp³-hybridized carbons (Fsp3) is 0.571. The van der Waals surface area contributed by atoms with Crippen LogP contribution in [0.1, 0.15) is 31.7 Å². The maximum absolute atomic E-state index is 11.5. The number of sulfone groups is 1. The fourth-order valence-electron chi connectivity index (χ4n) is 2.68. The van der Waals surface area contributed by atoms with E-state index in [-0.39, 0.29) is 5.54 Å². The molecule has 1 unspecified atom stereocenters. The van der Waals surface area contributed by atoms with E-state index in [1.165, 1.54) is 24.7 Å². The van der Waals surface area contributed by atoms with Crippen LogP contribution < -0.4 is 0 Å². The van der Waals surface area contributed by atoms with Crippen molar-refractivity contribution in [2.45, 2.75) is 36.6 Å². The van der Waals surface area contributed by atoms with Crippen LogP contribution >= 0.6 is 0 Å². The second kappa shape index (κ2) is 4.67. The number of hydrogen-bond acceptors (Lipinski definition) is 3. The van der Waals surface area contributed by atoms with Crippen LogP contribution in [0, 0.1) is 0 Å². The summed E-state index contributed by atoms with van der Waals surface area (Å²) in [6.07, 6.45) is 4.85. The maximum atomic E-state index is 11.5. The lowest BCUT2D eigenvalue weighted by Gasteiger charge is -2.43. The van der Waals surface area contributed by atoms with Crippen LogP contribution in [0.2, 0.25) is 0 Å². The van der Waals surface area contributed by atoms with Gasteiger partial charge in [-0.1, -0.05) is 18.6 Å². The highest BCUT2D eigenvalue weighted by molar-refractivity contribution is 7.90. The number of likely N-dealkylation sites (tertiary alicyclic amines) is 1. The Morgan fingerprint density at radius 1 is 1.17 bits per heavy atom. The summed E-state index contributed by atoms with van der Waals surface area (Å²) in [6.45, 7) is 3.34. The summed E-state index contributed by atoms with van der Waals surface area (Å²) in [4.78, 5) is 2.76. The van der Waals surface area contributed by atoms with Crippen molar-refractivity contribution in [2.75, 3.05) is 19.8 Å². The van der Waals surface area contributed by atoms with Gasteiger partial charge in [0, 0.05) is 11.8 Å². The summed E-state index contributed by atoms with van der Waals surface area (Å²) in [6, 6.07) is 7.35. The first kappa shape index (κ1) is 13.6. The van der Waals surface area contributed by atoms with E-state index in [0.717, 1.165) is 13.0 Å². The number of nitrogens with zero attached hydrogens (tertiary/aromatic N) is 1. The molecule has 3 nitrogen and oxygen atoms in total. The minimum absolute atomic E-state index is 0.0360. The van der Waals surface area contributed by atoms with Gasteiger partial charge in [0.25, 0.3) is 0 Å². The highest BCUT2D eigenvalue weighted by atomic mass is 32.2. The molecule has 1 atom stereocenters. The molecule has 4 heteroatoms. The molecule has 0 spiro atoms. The van der Waals surface area contributed by atoms with Gasteiger partial charge in [-0.15, -0.1) is 0 Å². The van der Waals surface area contributed by atoms with E-state index in [0.29, 0.717) is 4.90 Å². The molecule has 0 amide bonds. The molecule has 1 aliphatic heterocycles. The fourth-order valence-corrected chi connectivity index (χ4v) is 3.31. The molecule has 0 N–H and O–H groups in total. The Bertz CT molecular complexity index is 521. The molecule has 0 bridgehead atoms. The molecule has 1 aromatic carbocycles. The van der Waals surface area contributed by atoms with E-state index in [1.54, 1.807) is 12.1 Å². The van der Waals surface area contributed by atoms with E-state index in [4.69, 9.17) is 0 Å². The van der Waals surface area contributed by atoms with Crippen LogP contribution in [0.4, 0.5) is 0 Å². The van der Waals surface area contributed by atoms with Gasteiger partial charge < -0.3 is 0 Å². The highest BCUT2D eigenvalue weighted by Crippen LogP contribution is 2.36. The van der Waals surface area contributed by atoms with Gasteiger partial charge >= 0.3 is 0 Å². The number of hydrogen-bond donors (Lipinski definition) is 0. The Kier molecular flexibility index (Phi) is 3.52. The predicted octanol–water partition coefficient (Wildman–Crippen LogP) is 2.42. The molecule has 100 valence electrons. The first-order valence-electron chi connectivity index (χ1n) is 6.36. The Morgan fingerprint density at radius 3 is 2.28 bits per heavy atom. The van der Waals surface area contributed by atoms with Crippen molar-refractivity contribution in [3.63, 3.8) is 0 Å². The van der Waals surface area contributed by atoms with E-state index >= 15 is 0 Å². The van der Waals surface area contributed by atoms with Crippen molar-refractivity contribution >= 4 is 9.84 Å². The third kappa shape index (κ3) is 2.45. The summed E-state index contributed by atoms with van der Waals surface area (Å²) < 4.78 is 22.9. The summed E-state index contributed by atoms with van der Waals surface area (Å²) in [7, 11) is -0.955. The Hall–Kier alpha value is -0.870. The van der Waals surface area contributed by atoms with Gasteiger partial charge in [0.2, 0.25) is 0 Å². The van der Waals surface area contributed by atoms with Gasteiger partial charge in [-0.05, 0) is 51.1 Å².